The van der Waals surface area contributed by atoms with Crippen molar-refractivity contribution in [1.29, 1.82) is 10.5 Å². The molecule has 1 saturated heterocycles. The van der Waals surface area contributed by atoms with E-state index in [9.17, 15) is 19.8 Å². The second-order valence-electron chi connectivity index (χ2n) is 5.82. The Morgan fingerprint density at radius 2 is 1.50 bits per heavy atom. The smallest absolute Gasteiger partial charge is 0.293 e. The molecule has 0 atom stereocenters. The fourth-order valence-electron chi connectivity index (χ4n) is 3.02. The van der Waals surface area contributed by atoms with E-state index in [4.69, 9.17) is 5.26 Å². The third kappa shape index (κ3) is 3.26. The number of hydrogen-bond donors (Lipinski definition) is 0. The van der Waals surface area contributed by atoms with Crippen molar-refractivity contribution in [2.24, 2.45) is 0 Å². The molecule has 7 nitrogen and oxygen atoms in total. The van der Waals surface area contributed by atoms with Crippen LogP contribution in [0.25, 0.3) is 0 Å². The van der Waals surface area contributed by atoms with Crippen LogP contribution in [0.4, 0.5) is 21.5 Å². The maximum atomic E-state index is 13.1. The van der Waals surface area contributed by atoms with Gasteiger partial charge < -0.3 is 9.80 Å². The highest BCUT2D eigenvalue weighted by Crippen LogP contribution is 2.32. The van der Waals surface area contributed by atoms with Crippen molar-refractivity contribution >= 4 is 17.1 Å². The summed E-state index contributed by atoms with van der Waals surface area (Å²) in [4.78, 5) is 14.8. The van der Waals surface area contributed by atoms with Gasteiger partial charge in [-0.15, -0.1) is 0 Å². The minimum atomic E-state index is -0.538. The molecule has 1 heterocycles. The molecular formula is C18H14FN5O2. The van der Waals surface area contributed by atoms with Crippen molar-refractivity contribution in [3.05, 3.63) is 63.5 Å². The lowest BCUT2D eigenvalue weighted by molar-refractivity contribution is -0.384. The number of rotatable bonds is 3. The third-order valence-electron chi connectivity index (χ3n) is 4.36. The molecule has 1 aliphatic rings. The van der Waals surface area contributed by atoms with E-state index >= 15 is 0 Å². The Bertz CT molecular complexity index is 922. The molecule has 8 heteroatoms. The van der Waals surface area contributed by atoms with Crippen molar-refractivity contribution in [3.63, 3.8) is 0 Å². The molecule has 0 aliphatic carbocycles. The molecule has 1 aliphatic heterocycles. The van der Waals surface area contributed by atoms with Gasteiger partial charge in [0.1, 0.15) is 23.6 Å². The quantitative estimate of drug-likeness (QED) is 0.623. The minimum absolute atomic E-state index is 0.00658. The molecule has 0 radical (unpaired) electrons. The number of benzene rings is 2. The van der Waals surface area contributed by atoms with Gasteiger partial charge in [-0.05, 0) is 30.3 Å². The topological polar surface area (TPSA) is 97.2 Å². The summed E-state index contributed by atoms with van der Waals surface area (Å²) < 4.78 is 13.1. The summed E-state index contributed by atoms with van der Waals surface area (Å²) in [5.41, 5.74) is 1.15. The fourth-order valence-corrected chi connectivity index (χ4v) is 3.02. The Morgan fingerprint density at radius 1 is 0.962 bits per heavy atom. The first-order valence-electron chi connectivity index (χ1n) is 7.91. The SMILES string of the molecule is N#Cc1cc(N2CCN(c3ccc(F)cc3)CC2)c([N+](=O)[O-])cc1C#N. The number of halogens is 1. The van der Waals surface area contributed by atoms with E-state index < -0.39 is 4.92 Å². The van der Waals surface area contributed by atoms with Crippen molar-refractivity contribution in [3.8, 4) is 12.1 Å². The van der Waals surface area contributed by atoms with E-state index in [1.54, 1.807) is 12.1 Å². The second kappa shape index (κ2) is 7.08. The number of piperazine rings is 1. The predicted octanol–water partition coefficient (Wildman–Crippen LogP) is 2.80. The molecule has 130 valence electrons. The van der Waals surface area contributed by atoms with Crippen LogP contribution >= 0.6 is 0 Å². The maximum Gasteiger partial charge on any atom is 0.293 e. The minimum Gasteiger partial charge on any atom is -0.368 e. The number of nitro groups is 1. The van der Waals surface area contributed by atoms with Crippen LogP contribution in [0.1, 0.15) is 11.1 Å². The maximum absolute atomic E-state index is 13.1. The molecular weight excluding hydrogens is 337 g/mol. The van der Waals surface area contributed by atoms with Crippen LogP contribution in [0.15, 0.2) is 36.4 Å². The second-order valence-corrected chi connectivity index (χ2v) is 5.82. The number of hydrogen-bond acceptors (Lipinski definition) is 6. The van der Waals surface area contributed by atoms with Crippen LogP contribution < -0.4 is 9.80 Å². The van der Waals surface area contributed by atoms with E-state index in [1.807, 2.05) is 17.0 Å². The van der Waals surface area contributed by atoms with Crippen molar-refractivity contribution in [2.75, 3.05) is 36.0 Å². The Kier molecular flexibility index (Phi) is 4.68. The molecule has 26 heavy (non-hydrogen) atoms. The average Bonchev–Trinajstić information content (AvgIpc) is 2.67. The van der Waals surface area contributed by atoms with E-state index in [-0.39, 0.29) is 22.6 Å². The number of nitriles is 2. The standard InChI is InChI=1S/C18H14FN5O2/c19-15-1-3-16(4-2-15)22-5-7-23(8-6-22)17-9-13(11-20)14(12-21)10-18(17)24(25)26/h1-4,9-10H,5-8H2. The van der Waals surface area contributed by atoms with Crippen LogP contribution in [0.3, 0.4) is 0 Å². The van der Waals surface area contributed by atoms with Gasteiger partial charge in [-0.2, -0.15) is 10.5 Å². The largest absolute Gasteiger partial charge is 0.368 e. The molecule has 0 aromatic heterocycles. The summed E-state index contributed by atoms with van der Waals surface area (Å²) in [6, 6.07) is 12.5. The summed E-state index contributed by atoms with van der Waals surface area (Å²) >= 11 is 0. The van der Waals surface area contributed by atoms with E-state index in [0.717, 1.165) is 11.8 Å². The van der Waals surface area contributed by atoms with Gasteiger partial charge in [0.25, 0.3) is 5.69 Å². The lowest BCUT2D eigenvalue weighted by atomic mass is 10.1. The van der Waals surface area contributed by atoms with Gasteiger partial charge in [-0.3, -0.25) is 10.1 Å². The highest BCUT2D eigenvalue weighted by molar-refractivity contribution is 5.70. The van der Waals surface area contributed by atoms with Crippen LogP contribution in [0.5, 0.6) is 0 Å². The number of nitro benzene ring substituents is 1. The normalized spacial score (nSPS) is 13.8. The fraction of sp³-hybridized carbons (Fsp3) is 0.222. The monoisotopic (exact) mass is 351 g/mol. The van der Waals surface area contributed by atoms with Crippen molar-refractivity contribution < 1.29 is 9.31 Å². The molecule has 3 rings (SSSR count). The van der Waals surface area contributed by atoms with E-state index in [2.05, 4.69) is 4.90 Å². The first kappa shape index (κ1) is 17.2. The van der Waals surface area contributed by atoms with Crippen LogP contribution in [0, 0.1) is 38.6 Å². The van der Waals surface area contributed by atoms with Gasteiger partial charge in [-0.1, -0.05) is 0 Å². The summed E-state index contributed by atoms with van der Waals surface area (Å²) in [5, 5.41) is 29.6. The van der Waals surface area contributed by atoms with Gasteiger partial charge in [0.05, 0.1) is 16.1 Å². The van der Waals surface area contributed by atoms with Gasteiger partial charge in [0.15, 0.2) is 0 Å². The first-order chi connectivity index (χ1) is 12.5. The van der Waals surface area contributed by atoms with Crippen molar-refractivity contribution in [1.82, 2.24) is 0 Å². The Balaban J connectivity index is 1.85. The molecule has 0 amide bonds. The molecule has 0 unspecified atom stereocenters. The summed E-state index contributed by atoms with van der Waals surface area (Å²) in [7, 11) is 0. The molecule has 1 fully saturated rings. The van der Waals surface area contributed by atoms with Crippen LogP contribution in [-0.2, 0) is 0 Å². The Labute approximate surface area is 149 Å². The first-order valence-corrected chi connectivity index (χ1v) is 7.91. The number of nitrogens with zero attached hydrogens (tertiary/aromatic N) is 5. The molecule has 2 aromatic carbocycles. The van der Waals surface area contributed by atoms with Gasteiger partial charge in [0.2, 0.25) is 0 Å². The van der Waals surface area contributed by atoms with Gasteiger partial charge in [-0.25, -0.2) is 4.39 Å². The van der Waals surface area contributed by atoms with Gasteiger partial charge >= 0.3 is 0 Å². The predicted molar refractivity (Wildman–Crippen MR) is 93.4 cm³/mol. The van der Waals surface area contributed by atoms with Gasteiger partial charge in [0, 0.05) is 37.9 Å². The molecule has 0 bridgehead atoms. The summed E-state index contributed by atoms with van der Waals surface area (Å²) in [5.74, 6) is -0.301. The lowest BCUT2D eigenvalue weighted by Crippen LogP contribution is -2.46. The highest BCUT2D eigenvalue weighted by Gasteiger charge is 2.26. The van der Waals surface area contributed by atoms with E-state index in [0.29, 0.717) is 31.9 Å². The van der Waals surface area contributed by atoms with E-state index in [1.165, 1.54) is 18.2 Å². The average molecular weight is 351 g/mol. The van der Waals surface area contributed by atoms with Crippen molar-refractivity contribution in [2.45, 2.75) is 0 Å². The number of anilines is 2. The lowest BCUT2D eigenvalue weighted by Gasteiger charge is -2.37. The molecule has 0 spiro atoms. The summed E-state index contributed by atoms with van der Waals surface area (Å²) in [6.45, 7) is 2.22. The third-order valence-corrected chi connectivity index (χ3v) is 4.36. The summed E-state index contributed by atoms with van der Waals surface area (Å²) in [6.07, 6.45) is 0. The zero-order chi connectivity index (χ0) is 18.7. The van der Waals surface area contributed by atoms with Crippen LogP contribution in [-0.4, -0.2) is 31.1 Å². The highest BCUT2D eigenvalue weighted by atomic mass is 19.1. The molecule has 0 saturated carbocycles. The zero-order valence-electron chi connectivity index (χ0n) is 13.7. The van der Waals surface area contributed by atoms with Crippen LogP contribution in [0.2, 0.25) is 0 Å². The molecule has 2 aromatic rings. The molecule has 0 N–H and O–H groups in total. The zero-order valence-corrected chi connectivity index (χ0v) is 13.7. The Morgan fingerprint density at radius 3 is 2.04 bits per heavy atom. The Hall–Kier alpha value is -3.65.